The predicted molar refractivity (Wildman–Crippen MR) is 87.2 cm³/mol. The molecule has 3 rings (SSSR count). The first kappa shape index (κ1) is 15.6. The molecule has 0 spiro atoms. The third kappa shape index (κ3) is 3.40. The standard InChI is InChI=1S/C17H17ClN2O3/c1-2-13(20-17(21)12-4-3-7-19-16(12)18)11-5-6-14-15(10-11)23-9-8-22-14/h3-7,10,13H,2,8-9H2,1H3,(H,20,21). The summed E-state index contributed by atoms with van der Waals surface area (Å²) in [4.78, 5) is 16.3. The van der Waals surface area contributed by atoms with Gasteiger partial charge in [0.15, 0.2) is 11.5 Å². The van der Waals surface area contributed by atoms with E-state index >= 15 is 0 Å². The van der Waals surface area contributed by atoms with Crippen LogP contribution in [0.3, 0.4) is 0 Å². The van der Waals surface area contributed by atoms with Crippen LogP contribution in [-0.2, 0) is 0 Å². The molecule has 5 nitrogen and oxygen atoms in total. The summed E-state index contributed by atoms with van der Waals surface area (Å²) in [5, 5.41) is 3.18. The molecule has 1 aliphatic rings. The fourth-order valence-corrected chi connectivity index (χ4v) is 2.69. The molecule has 2 aromatic rings. The van der Waals surface area contributed by atoms with Gasteiger partial charge in [-0.25, -0.2) is 4.98 Å². The first-order valence-electron chi connectivity index (χ1n) is 7.50. The van der Waals surface area contributed by atoms with E-state index in [0.717, 1.165) is 17.7 Å². The van der Waals surface area contributed by atoms with Crippen molar-refractivity contribution in [3.8, 4) is 11.5 Å². The molecule has 0 saturated heterocycles. The van der Waals surface area contributed by atoms with Gasteiger partial charge in [0.25, 0.3) is 5.91 Å². The van der Waals surface area contributed by atoms with E-state index in [1.54, 1.807) is 18.3 Å². The summed E-state index contributed by atoms with van der Waals surface area (Å²) < 4.78 is 11.1. The molecule has 1 aromatic carbocycles. The Balaban J connectivity index is 1.80. The molecule has 23 heavy (non-hydrogen) atoms. The molecule has 2 heterocycles. The number of pyridine rings is 1. The lowest BCUT2D eigenvalue weighted by atomic mass is 10.0. The van der Waals surface area contributed by atoms with Gasteiger partial charge in [-0.3, -0.25) is 4.79 Å². The number of nitrogens with one attached hydrogen (secondary N) is 1. The Morgan fingerprint density at radius 2 is 2.09 bits per heavy atom. The van der Waals surface area contributed by atoms with Crippen LogP contribution in [-0.4, -0.2) is 24.1 Å². The zero-order valence-corrected chi connectivity index (χ0v) is 13.5. The second-order valence-corrected chi connectivity index (χ2v) is 5.54. The molecule has 0 aliphatic carbocycles. The number of carbonyl (C=O) groups is 1. The van der Waals surface area contributed by atoms with Gasteiger partial charge in [-0.05, 0) is 36.2 Å². The summed E-state index contributed by atoms with van der Waals surface area (Å²) in [6.07, 6.45) is 2.29. The van der Waals surface area contributed by atoms with E-state index in [1.807, 2.05) is 25.1 Å². The van der Waals surface area contributed by atoms with Gasteiger partial charge in [-0.1, -0.05) is 24.6 Å². The van der Waals surface area contributed by atoms with Gasteiger partial charge in [-0.2, -0.15) is 0 Å². The van der Waals surface area contributed by atoms with Crippen LogP contribution >= 0.6 is 11.6 Å². The van der Waals surface area contributed by atoms with E-state index < -0.39 is 0 Å². The van der Waals surface area contributed by atoms with Crippen molar-refractivity contribution >= 4 is 17.5 Å². The molecular formula is C17H17ClN2O3. The van der Waals surface area contributed by atoms with Gasteiger partial charge < -0.3 is 14.8 Å². The Morgan fingerprint density at radius 1 is 1.30 bits per heavy atom. The molecule has 1 amide bonds. The third-order valence-electron chi connectivity index (χ3n) is 3.69. The highest BCUT2D eigenvalue weighted by molar-refractivity contribution is 6.32. The normalized spacial score (nSPS) is 14.2. The number of fused-ring (bicyclic) bond motifs is 1. The van der Waals surface area contributed by atoms with Crippen molar-refractivity contribution in [1.29, 1.82) is 0 Å². The highest BCUT2D eigenvalue weighted by atomic mass is 35.5. The quantitative estimate of drug-likeness (QED) is 0.872. The molecule has 0 fully saturated rings. The minimum absolute atomic E-state index is 0.144. The van der Waals surface area contributed by atoms with E-state index in [4.69, 9.17) is 21.1 Å². The van der Waals surface area contributed by atoms with Crippen LogP contribution in [0.5, 0.6) is 11.5 Å². The lowest BCUT2D eigenvalue weighted by Crippen LogP contribution is -2.28. The smallest absolute Gasteiger partial charge is 0.254 e. The number of benzene rings is 1. The molecule has 0 saturated carbocycles. The number of hydrogen-bond donors (Lipinski definition) is 1. The largest absolute Gasteiger partial charge is 0.486 e. The monoisotopic (exact) mass is 332 g/mol. The van der Waals surface area contributed by atoms with E-state index in [9.17, 15) is 4.79 Å². The fourth-order valence-electron chi connectivity index (χ4n) is 2.49. The number of halogens is 1. The number of nitrogens with zero attached hydrogens (tertiary/aromatic N) is 1. The van der Waals surface area contributed by atoms with Crippen molar-refractivity contribution in [3.05, 3.63) is 52.8 Å². The third-order valence-corrected chi connectivity index (χ3v) is 3.99. The lowest BCUT2D eigenvalue weighted by Gasteiger charge is -2.22. The topological polar surface area (TPSA) is 60.5 Å². The molecule has 1 atom stereocenters. The minimum atomic E-state index is -0.246. The zero-order chi connectivity index (χ0) is 16.2. The highest BCUT2D eigenvalue weighted by Crippen LogP contribution is 2.33. The van der Waals surface area contributed by atoms with Gasteiger partial charge in [0.1, 0.15) is 18.4 Å². The Morgan fingerprint density at radius 3 is 2.83 bits per heavy atom. The Hall–Kier alpha value is -2.27. The van der Waals surface area contributed by atoms with Crippen LogP contribution in [0.4, 0.5) is 0 Å². The van der Waals surface area contributed by atoms with E-state index in [1.165, 1.54) is 0 Å². The van der Waals surface area contributed by atoms with Crippen LogP contribution in [0.25, 0.3) is 0 Å². The molecule has 0 radical (unpaired) electrons. The van der Waals surface area contributed by atoms with Gasteiger partial charge in [-0.15, -0.1) is 0 Å². The van der Waals surface area contributed by atoms with Crippen molar-refractivity contribution in [2.24, 2.45) is 0 Å². The van der Waals surface area contributed by atoms with Crippen LogP contribution < -0.4 is 14.8 Å². The van der Waals surface area contributed by atoms with Crippen molar-refractivity contribution in [1.82, 2.24) is 10.3 Å². The maximum Gasteiger partial charge on any atom is 0.254 e. The number of aromatic nitrogens is 1. The van der Waals surface area contributed by atoms with Crippen molar-refractivity contribution in [2.45, 2.75) is 19.4 Å². The fraction of sp³-hybridized carbons (Fsp3) is 0.294. The lowest BCUT2D eigenvalue weighted by molar-refractivity contribution is 0.0935. The maximum atomic E-state index is 12.4. The molecule has 120 valence electrons. The Bertz CT molecular complexity index is 721. The number of rotatable bonds is 4. The summed E-state index contributed by atoms with van der Waals surface area (Å²) in [7, 11) is 0. The molecule has 1 aliphatic heterocycles. The summed E-state index contributed by atoms with van der Waals surface area (Å²) >= 11 is 5.98. The van der Waals surface area contributed by atoms with Crippen molar-refractivity contribution in [3.63, 3.8) is 0 Å². The average Bonchev–Trinajstić information content (AvgIpc) is 2.59. The summed E-state index contributed by atoms with van der Waals surface area (Å²) in [6.45, 7) is 3.09. The van der Waals surface area contributed by atoms with Gasteiger partial charge in [0.2, 0.25) is 0 Å². The van der Waals surface area contributed by atoms with Crippen molar-refractivity contribution < 1.29 is 14.3 Å². The van der Waals surface area contributed by atoms with Crippen LogP contribution in [0.2, 0.25) is 5.15 Å². The minimum Gasteiger partial charge on any atom is -0.486 e. The second-order valence-electron chi connectivity index (χ2n) is 5.18. The molecular weight excluding hydrogens is 316 g/mol. The predicted octanol–water partition coefficient (Wildman–Crippen LogP) is 3.39. The number of hydrogen-bond acceptors (Lipinski definition) is 4. The van der Waals surface area contributed by atoms with Crippen LogP contribution in [0.1, 0.15) is 35.3 Å². The second kappa shape index (κ2) is 6.87. The van der Waals surface area contributed by atoms with Crippen molar-refractivity contribution in [2.75, 3.05) is 13.2 Å². The van der Waals surface area contributed by atoms with Gasteiger partial charge in [0.05, 0.1) is 11.6 Å². The van der Waals surface area contributed by atoms with E-state index in [0.29, 0.717) is 24.5 Å². The SMILES string of the molecule is CCC(NC(=O)c1cccnc1Cl)c1ccc2c(c1)OCCO2. The maximum absolute atomic E-state index is 12.4. The average molecular weight is 333 g/mol. The number of carbonyl (C=O) groups excluding carboxylic acids is 1. The summed E-state index contributed by atoms with van der Waals surface area (Å²) in [5.41, 5.74) is 1.33. The van der Waals surface area contributed by atoms with Gasteiger partial charge in [0, 0.05) is 6.20 Å². The van der Waals surface area contributed by atoms with Crippen LogP contribution in [0.15, 0.2) is 36.5 Å². The highest BCUT2D eigenvalue weighted by Gasteiger charge is 2.19. The molecule has 1 aromatic heterocycles. The van der Waals surface area contributed by atoms with E-state index in [-0.39, 0.29) is 17.1 Å². The number of amides is 1. The van der Waals surface area contributed by atoms with Gasteiger partial charge >= 0.3 is 0 Å². The molecule has 1 unspecified atom stereocenters. The van der Waals surface area contributed by atoms with Crippen LogP contribution in [0, 0.1) is 0 Å². The first-order valence-corrected chi connectivity index (χ1v) is 7.87. The number of ether oxygens (including phenoxy) is 2. The summed E-state index contributed by atoms with van der Waals surface area (Å²) in [6, 6.07) is 8.91. The van der Waals surface area contributed by atoms with E-state index in [2.05, 4.69) is 10.3 Å². The molecule has 6 heteroatoms. The first-order chi connectivity index (χ1) is 11.2. The molecule has 1 N–H and O–H groups in total. The summed E-state index contributed by atoms with van der Waals surface area (Å²) in [5.74, 6) is 1.20. The Labute approximate surface area is 139 Å². The molecule has 0 bridgehead atoms. The Kier molecular flexibility index (Phi) is 4.67. The zero-order valence-electron chi connectivity index (χ0n) is 12.7.